The van der Waals surface area contributed by atoms with Crippen molar-refractivity contribution in [2.24, 2.45) is 10.2 Å². The molecule has 1 heterocycles. The maximum Gasteiger partial charge on any atom is 0.358 e. The van der Waals surface area contributed by atoms with Gasteiger partial charge in [0.2, 0.25) is 0 Å². The van der Waals surface area contributed by atoms with E-state index in [9.17, 15) is 9.59 Å². The smallest absolute Gasteiger partial charge is 0.358 e. The van der Waals surface area contributed by atoms with E-state index in [0.29, 0.717) is 17.6 Å². The van der Waals surface area contributed by atoms with Gasteiger partial charge in [-0.05, 0) is 48.5 Å². The van der Waals surface area contributed by atoms with Crippen LogP contribution in [0.5, 0.6) is 0 Å². The molecule has 8 nitrogen and oxygen atoms in total. The number of ether oxygens (including phenoxy) is 2. The minimum atomic E-state index is -0.584. The minimum absolute atomic E-state index is 0.0880. The lowest BCUT2D eigenvalue weighted by Crippen LogP contribution is -2.13. The molecular weight excluding hydrogens is 520 g/mol. The zero-order valence-electron chi connectivity index (χ0n) is 15.6. The summed E-state index contributed by atoms with van der Waals surface area (Å²) in [5, 5.41) is 16.4. The van der Waals surface area contributed by atoms with Crippen LogP contribution >= 0.6 is 31.9 Å². The number of fused-ring (bicyclic) bond motifs is 1. The molecule has 154 valence electrons. The number of halogens is 2. The Kier molecular flexibility index (Phi) is 7.97. The summed E-state index contributed by atoms with van der Waals surface area (Å²) in [5.74, 6) is -1.09. The Morgan fingerprint density at radius 3 is 2.43 bits per heavy atom. The van der Waals surface area contributed by atoms with Gasteiger partial charge in [-0.1, -0.05) is 31.9 Å². The maximum absolute atomic E-state index is 12.1. The van der Waals surface area contributed by atoms with Crippen LogP contribution in [0.25, 0.3) is 10.9 Å². The van der Waals surface area contributed by atoms with Gasteiger partial charge in [0.15, 0.2) is 12.2 Å². The fraction of sp³-hybridized carbons (Fsp3) is 0.200. The number of aromatic nitrogens is 2. The number of carbonyl (C=O) groups excluding carboxylic acids is 2. The van der Waals surface area contributed by atoms with Crippen molar-refractivity contribution in [2.45, 2.75) is 6.42 Å². The number of hydrogen-bond donors (Lipinski definition) is 0. The van der Waals surface area contributed by atoms with Crippen LogP contribution in [0.2, 0.25) is 0 Å². The molecule has 0 aliphatic rings. The van der Waals surface area contributed by atoms with Gasteiger partial charge in [-0.3, -0.25) is 0 Å². The predicted octanol–water partition coefficient (Wildman–Crippen LogP) is 5.03. The van der Waals surface area contributed by atoms with Gasteiger partial charge in [0.1, 0.15) is 0 Å². The number of carbonyl (C=O) groups is 2. The third-order valence-electron chi connectivity index (χ3n) is 3.75. The molecule has 1 aromatic heterocycles. The molecule has 0 aliphatic heterocycles. The van der Waals surface area contributed by atoms with Crippen LogP contribution in [0.3, 0.4) is 0 Å². The molecule has 0 saturated heterocycles. The van der Waals surface area contributed by atoms with Crippen molar-refractivity contribution in [1.82, 2.24) is 10.2 Å². The average Bonchev–Trinajstić information content (AvgIpc) is 2.74. The molecule has 3 rings (SSSR count). The summed E-state index contributed by atoms with van der Waals surface area (Å²) in [6.45, 7) is 0.0130. The first-order valence-corrected chi connectivity index (χ1v) is 10.5. The molecule has 0 radical (unpaired) electrons. The second-order valence-corrected chi connectivity index (χ2v) is 7.85. The topological polar surface area (TPSA) is 103 Å². The van der Waals surface area contributed by atoms with Gasteiger partial charge in [-0.2, -0.15) is 10.2 Å². The van der Waals surface area contributed by atoms with Crippen LogP contribution in [-0.2, 0) is 14.3 Å². The van der Waals surface area contributed by atoms with E-state index in [0.717, 1.165) is 14.3 Å². The molecule has 0 fully saturated rings. The zero-order chi connectivity index (χ0) is 21.3. The normalized spacial score (nSPS) is 11.0. The highest BCUT2D eigenvalue weighted by atomic mass is 79.9. The van der Waals surface area contributed by atoms with Crippen LogP contribution in [0, 0.1) is 0 Å². The first-order valence-electron chi connectivity index (χ1n) is 8.90. The average molecular weight is 536 g/mol. The summed E-state index contributed by atoms with van der Waals surface area (Å²) in [7, 11) is 0. The van der Waals surface area contributed by atoms with E-state index in [-0.39, 0.29) is 25.5 Å². The van der Waals surface area contributed by atoms with Gasteiger partial charge in [0.25, 0.3) is 0 Å². The third-order valence-corrected chi connectivity index (χ3v) is 4.78. The van der Waals surface area contributed by atoms with E-state index in [1.54, 1.807) is 24.3 Å². The SMILES string of the molecule is O=C(C/N=N\c1ccc(Br)cc1)OCCCOC(=O)c1cc2cc(Br)ccc2nn1. The monoisotopic (exact) mass is 534 g/mol. The van der Waals surface area contributed by atoms with Crippen LogP contribution in [-0.4, -0.2) is 41.9 Å². The summed E-state index contributed by atoms with van der Waals surface area (Å²) < 4.78 is 12.0. The molecule has 0 bridgehead atoms. The van der Waals surface area contributed by atoms with Crippen LogP contribution in [0.15, 0.2) is 67.7 Å². The molecule has 0 atom stereocenters. The van der Waals surface area contributed by atoms with Crippen LogP contribution in [0.4, 0.5) is 5.69 Å². The van der Waals surface area contributed by atoms with Crippen molar-refractivity contribution in [1.29, 1.82) is 0 Å². The first kappa shape index (κ1) is 22.0. The number of azo groups is 1. The van der Waals surface area contributed by atoms with Gasteiger partial charge in [0, 0.05) is 20.8 Å². The molecule has 0 unspecified atom stereocenters. The molecule has 10 heteroatoms. The largest absolute Gasteiger partial charge is 0.464 e. The lowest BCUT2D eigenvalue weighted by Gasteiger charge is -2.05. The summed E-state index contributed by atoms with van der Waals surface area (Å²) in [5.41, 5.74) is 1.44. The van der Waals surface area contributed by atoms with E-state index < -0.39 is 11.9 Å². The molecule has 0 saturated carbocycles. The second-order valence-electron chi connectivity index (χ2n) is 6.02. The summed E-state index contributed by atoms with van der Waals surface area (Å²) in [4.78, 5) is 23.7. The van der Waals surface area contributed by atoms with E-state index in [4.69, 9.17) is 9.47 Å². The van der Waals surface area contributed by atoms with E-state index >= 15 is 0 Å². The van der Waals surface area contributed by atoms with Crippen LogP contribution < -0.4 is 0 Å². The lowest BCUT2D eigenvalue weighted by molar-refractivity contribution is -0.142. The Labute approximate surface area is 188 Å². The van der Waals surface area contributed by atoms with Crippen molar-refractivity contribution in [3.05, 3.63) is 63.2 Å². The van der Waals surface area contributed by atoms with Crippen molar-refractivity contribution in [3.63, 3.8) is 0 Å². The number of hydrogen-bond acceptors (Lipinski definition) is 8. The first-order chi connectivity index (χ1) is 14.5. The van der Waals surface area contributed by atoms with Crippen molar-refractivity contribution in [2.75, 3.05) is 19.8 Å². The van der Waals surface area contributed by atoms with E-state index in [1.165, 1.54) is 0 Å². The molecule has 0 N–H and O–H groups in total. The third kappa shape index (κ3) is 6.67. The maximum atomic E-state index is 12.1. The molecule has 3 aromatic rings. The van der Waals surface area contributed by atoms with Gasteiger partial charge in [-0.15, -0.1) is 10.2 Å². The Hall–Kier alpha value is -2.72. The van der Waals surface area contributed by atoms with Crippen molar-refractivity contribution >= 4 is 60.4 Å². The zero-order valence-corrected chi connectivity index (χ0v) is 18.8. The Morgan fingerprint density at radius 1 is 0.900 bits per heavy atom. The highest BCUT2D eigenvalue weighted by molar-refractivity contribution is 9.10. The van der Waals surface area contributed by atoms with E-state index in [1.807, 2.05) is 24.3 Å². The summed E-state index contributed by atoms with van der Waals surface area (Å²) in [6, 6.07) is 14.3. The van der Waals surface area contributed by atoms with Gasteiger partial charge in [0.05, 0.1) is 24.4 Å². The van der Waals surface area contributed by atoms with Crippen molar-refractivity contribution < 1.29 is 19.1 Å². The fourth-order valence-electron chi connectivity index (χ4n) is 2.33. The fourth-order valence-corrected chi connectivity index (χ4v) is 2.97. The Morgan fingerprint density at radius 2 is 1.63 bits per heavy atom. The van der Waals surface area contributed by atoms with Gasteiger partial charge < -0.3 is 9.47 Å². The molecule has 0 spiro atoms. The number of nitrogens with zero attached hydrogens (tertiary/aromatic N) is 4. The van der Waals surface area contributed by atoms with Crippen molar-refractivity contribution in [3.8, 4) is 0 Å². The predicted molar refractivity (Wildman–Crippen MR) is 117 cm³/mol. The highest BCUT2D eigenvalue weighted by Crippen LogP contribution is 2.18. The number of benzene rings is 2. The molecule has 0 aliphatic carbocycles. The quantitative estimate of drug-likeness (QED) is 0.228. The Bertz CT molecular complexity index is 1070. The highest BCUT2D eigenvalue weighted by Gasteiger charge is 2.11. The van der Waals surface area contributed by atoms with Gasteiger partial charge in [-0.25, -0.2) is 9.59 Å². The van der Waals surface area contributed by atoms with E-state index in [2.05, 4.69) is 52.3 Å². The summed E-state index contributed by atoms with van der Waals surface area (Å²) >= 11 is 6.70. The Balaban J connectivity index is 1.36. The lowest BCUT2D eigenvalue weighted by atomic mass is 10.2. The number of rotatable bonds is 8. The molecule has 2 aromatic carbocycles. The summed E-state index contributed by atoms with van der Waals surface area (Å²) in [6.07, 6.45) is 0.355. The standard InChI is InChI=1S/C20H16Br2N4O4/c21-14-2-5-16(6-3-14)24-23-12-19(27)29-8-1-9-30-20(28)18-11-13-10-15(22)4-7-17(13)25-26-18/h2-7,10-11H,1,8-9,12H2/b24-23-. The second kappa shape index (κ2) is 10.9. The molecule has 0 amide bonds. The molecular formula is C20H16Br2N4O4. The van der Waals surface area contributed by atoms with Crippen LogP contribution in [0.1, 0.15) is 16.9 Å². The molecule has 30 heavy (non-hydrogen) atoms. The number of esters is 2. The minimum Gasteiger partial charge on any atom is -0.464 e. The van der Waals surface area contributed by atoms with Gasteiger partial charge >= 0.3 is 11.9 Å².